The monoisotopic (exact) mass is 280 g/mol. The van der Waals surface area contributed by atoms with Crippen LogP contribution in [-0.2, 0) is 0 Å². The molecule has 1 saturated carbocycles. The Hall–Kier alpha value is -0.970. The summed E-state index contributed by atoms with van der Waals surface area (Å²) in [5, 5.41) is 4.73. The summed E-state index contributed by atoms with van der Waals surface area (Å²) in [5.74, 6) is 1.46. The molecule has 0 aromatic rings. The van der Waals surface area contributed by atoms with E-state index in [2.05, 4.69) is 21.1 Å². The fourth-order valence-electron chi connectivity index (χ4n) is 2.65. The van der Waals surface area contributed by atoms with Crippen molar-refractivity contribution in [2.24, 2.45) is 21.7 Å². The van der Waals surface area contributed by atoms with E-state index in [1.165, 1.54) is 32.1 Å². The molecule has 2 rings (SSSR count). The van der Waals surface area contributed by atoms with E-state index in [0.717, 1.165) is 18.2 Å². The van der Waals surface area contributed by atoms with Gasteiger partial charge in [-0.25, -0.2) is 4.41 Å². The molecule has 5 heteroatoms. The van der Waals surface area contributed by atoms with Crippen molar-refractivity contribution in [1.82, 2.24) is 4.41 Å². The van der Waals surface area contributed by atoms with Gasteiger partial charge < -0.3 is 5.73 Å². The van der Waals surface area contributed by atoms with Gasteiger partial charge in [0.15, 0.2) is 0 Å². The van der Waals surface area contributed by atoms with Gasteiger partial charge in [0.1, 0.15) is 11.1 Å². The van der Waals surface area contributed by atoms with Crippen LogP contribution < -0.4 is 5.73 Å². The minimum atomic E-state index is 0.114. The van der Waals surface area contributed by atoms with Gasteiger partial charge in [-0.2, -0.15) is 5.10 Å². The molecule has 1 fully saturated rings. The van der Waals surface area contributed by atoms with E-state index in [-0.39, 0.29) is 5.25 Å². The maximum absolute atomic E-state index is 6.02. The highest BCUT2D eigenvalue weighted by molar-refractivity contribution is 7.99. The molecule has 0 saturated heterocycles. The molecule has 1 atom stereocenters. The van der Waals surface area contributed by atoms with Crippen molar-refractivity contribution in [1.29, 1.82) is 0 Å². The van der Waals surface area contributed by atoms with E-state index in [1.807, 2.05) is 6.92 Å². The van der Waals surface area contributed by atoms with Gasteiger partial charge in [0.05, 0.1) is 18.8 Å². The van der Waals surface area contributed by atoms with Gasteiger partial charge in [-0.05, 0) is 37.6 Å². The Labute approximate surface area is 120 Å². The molecular formula is C14H24N4S. The topological polar surface area (TPSA) is 54.0 Å². The zero-order chi connectivity index (χ0) is 13.7. The van der Waals surface area contributed by atoms with E-state index >= 15 is 0 Å². The smallest absolute Gasteiger partial charge is 0.123 e. The lowest BCUT2D eigenvalue weighted by molar-refractivity contribution is 0.299. The van der Waals surface area contributed by atoms with Crippen molar-refractivity contribution in [2.45, 2.75) is 44.3 Å². The average molecular weight is 280 g/mol. The van der Waals surface area contributed by atoms with Crippen LogP contribution in [-0.4, -0.2) is 34.3 Å². The summed E-state index contributed by atoms with van der Waals surface area (Å²) in [6.07, 6.45) is 8.59. The van der Waals surface area contributed by atoms with Crippen molar-refractivity contribution in [3.05, 3.63) is 12.7 Å². The van der Waals surface area contributed by atoms with E-state index in [1.54, 1.807) is 18.0 Å². The minimum Gasteiger partial charge on any atom is -0.386 e. The average Bonchev–Trinajstić information content (AvgIpc) is 2.78. The Balaban J connectivity index is 1.87. The second-order valence-corrected chi connectivity index (χ2v) is 6.42. The Morgan fingerprint density at radius 2 is 2.26 bits per heavy atom. The summed E-state index contributed by atoms with van der Waals surface area (Å²) in [4.78, 5) is 4.30. The van der Waals surface area contributed by atoms with Crippen LogP contribution in [0.5, 0.6) is 0 Å². The summed E-state index contributed by atoms with van der Waals surface area (Å²) in [6.45, 7) is 7.33. The van der Waals surface area contributed by atoms with Crippen LogP contribution in [0.3, 0.4) is 0 Å². The van der Waals surface area contributed by atoms with Crippen LogP contribution in [0.15, 0.2) is 22.7 Å². The molecule has 0 spiro atoms. The van der Waals surface area contributed by atoms with Crippen molar-refractivity contribution in [3.8, 4) is 0 Å². The van der Waals surface area contributed by atoms with Gasteiger partial charge in [0, 0.05) is 0 Å². The number of nitrogens with zero attached hydrogens (tertiary/aromatic N) is 3. The quantitative estimate of drug-likeness (QED) is 0.365. The number of aliphatic imine (C=N–C) groups is 1. The zero-order valence-electron chi connectivity index (χ0n) is 11.7. The van der Waals surface area contributed by atoms with Crippen LogP contribution in [0.1, 0.15) is 39.0 Å². The summed E-state index contributed by atoms with van der Waals surface area (Å²) in [5.41, 5.74) is 7.09. The van der Waals surface area contributed by atoms with Crippen LogP contribution in [0, 0.1) is 5.92 Å². The Morgan fingerprint density at radius 1 is 1.53 bits per heavy atom. The first-order valence-electron chi connectivity index (χ1n) is 7.11. The molecule has 1 aliphatic carbocycles. The Kier molecular flexibility index (Phi) is 5.31. The second-order valence-electron chi connectivity index (χ2n) is 5.32. The molecule has 2 aliphatic rings. The van der Waals surface area contributed by atoms with Crippen molar-refractivity contribution < 1.29 is 0 Å². The van der Waals surface area contributed by atoms with Gasteiger partial charge in [0.25, 0.3) is 0 Å². The predicted octanol–water partition coefficient (Wildman–Crippen LogP) is 2.82. The van der Waals surface area contributed by atoms with Crippen molar-refractivity contribution >= 4 is 23.5 Å². The van der Waals surface area contributed by atoms with Crippen LogP contribution in [0.2, 0.25) is 0 Å². The van der Waals surface area contributed by atoms with E-state index in [9.17, 15) is 0 Å². The fraction of sp³-hybridized carbons (Fsp3) is 0.714. The van der Waals surface area contributed by atoms with Gasteiger partial charge in [-0.3, -0.25) is 4.99 Å². The Bertz CT molecular complexity index is 372. The molecule has 1 heterocycles. The standard InChI is InChI=1S/C14H24N4S/c1-3-9-16-14(15)13-11(2)17-18(19-13)10-12-7-5-4-6-8-12/h3,12-13H,1,4-10H2,2H3,(H2,15,16). The summed E-state index contributed by atoms with van der Waals surface area (Å²) < 4.78 is 2.12. The molecule has 4 nitrogen and oxygen atoms in total. The number of hydrazone groups is 1. The Morgan fingerprint density at radius 3 is 2.95 bits per heavy atom. The summed E-state index contributed by atoms with van der Waals surface area (Å²) >= 11 is 1.71. The molecule has 1 aliphatic heterocycles. The largest absolute Gasteiger partial charge is 0.386 e. The highest BCUT2D eigenvalue weighted by Gasteiger charge is 2.29. The molecule has 0 bridgehead atoms. The zero-order valence-corrected chi connectivity index (χ0v) is 12.5. The maximum atomic E-state index is 6.02. The van der Waals surface area contributed by atoms with E-state index in [4.69, 9.17) is 5.73 Å². The minimum absolute atomic E-state index is 0.114. The molecule has 2 N–H and O–H groups in total. The van der Waals surface area contributed by atoms with E-state index in [0.29, 0.717) is 12.4 Å². The van der Waals surface area contributed by atoms with Crippen molar-refractivity contribution in [2.75, 3.05) is 13.1 Å². The maximum Gasteiger partial charge on any atom is 0.123 e. The lowest BCUT2D eigenvalue weighted by atomic mass is 9.89. The van der Waals surface area contributed by atoms with E-state index < -0.39 is 0 Å². The molecule has 0 aromatic carbocycles. The third-order valence-corrected chi connectivity index (χ3v) is 4.95. The lowest BCUT2D eigenvalue weighted by Crippen LogP contribution is -2.31. The molecular weight excluding hydrogens is 256 g/mol. The first kappa shape index (κ1) is 14.4. The van der Waals surface area contributed by atoms with Crippen LogP contribution in [0.25, 0.3) is 0 Å². The number of nitrogens with two attached hydrogens (primary N) is 1. The highest BCUT2D eigenvalue weighted by Crippen LogP contribution is 2.31. The molecule has 0 radical (unpaired) electrons. The molecule has 106 valence electrons. The predicted molar refractivity (Wildman–Crippen MR) is 84.5 cm³/mol. The molecule has 0 amide bonds. The number of rotatable bonds is 5. The summed E-state index contributed by atoms with van der Waals surface area (Å²) in [6, 6.07) is 0. The summed E-state index contributed by atoms with van der Waals surface area (Å²) in [7, 11) is 0. The van der Waals surface area contributed by atoms with Gasteiger partial charge in [-0.15, -0.1) is 6.58 Å². The number of amidine groups is 1. The third kappa shape index (κ3) is 4.00. The third-order valence-electron chi connectivity index (χ3n) is 3.69. The SMILES string of the molecule is C=CCN=C(N)C1SN(CC2CCCCC2)N=C1C. The first-order valence-corrected chi connectivity index (χ1v) is 7.94. The lowest BCUT2D eigenvalue weighted by Gasteiger charge is -2.25. The molecule has 19 heavy (non-hydrogen) atoms. The second kappa shape index (κ2) is 6.98. The van der Waals surface area contributed by atoms with Crippen molar-refractivity contribution in [3.63, 3.8) is 0 Å². The number of hydrogen-bond acceptors (Lipinski definition) is 4. The number of hydrogen-bond donors (Lipinski definition) is 1. The molecule has 1 unspecified atom stereocenters. The van der Waals surface area contributed by atoms with Crippen LogP contribution >= 0.6 is 11.9 Å². The highest BCUT2D eigenvalue weighted by atomic mass is 32.2. The molecule has 0 aromatic heterocycles. The van der Waals surface area contributed by atoms with Gasteiger partial charge in [0.2, 0.25) is 0 Å². The first-order chi connectivity index (χ1) is 9.20. The normalized spacial score (nSPS) is 25.5. The van der Waals surface area contributed by atoms with Gasteiger partial charge >= 0.3 is 0 Å². The fourth-order valence-corrected chi connectivity index (χ4v) is 3.74. The van der Waals surface area contributed by atoms with Gasteiger partial charge in [-0.1, -0.05) is 25.3 Å². The van der Waals surface area contributed by atoms with Crippen LogP contribution in [0.4, 0.5) is 0 Å².